The Hall–Kier alpha value is -3.44. The van der Waals surface area contributed by atoms with Gasteiger partial charge >= 0.3 is 0 Å². The molecule has 2 heteroatoms. The molecule has 112 valence electrons. The lowest BCUT2D eigenvalue weighted by Gasteiger charge is -2.08. The van der Waals surface area contributed by atoms with E-state index >= 15 is 0 Å². The second-order valence-corrected chi connectivity index (χ2v) is 5.63. The predicted molar refractivity (Wildman–Crippen MR) is 97.3 cm³/mol. The van der Waals surface area contributed by atoms with E-state index in [1.807, 2.05) is 60.7 Å². The maximum absolute atomic E-state index is 9.32. The van der Waals surface area contributed by atoms with Crippen LogP contribution in [-0.4, -0.2) is 4.98 Å². The lowest BCUT2D eigenvalue weighted by molar-refractivity contribution is 1.40. The van der Waals surface area contributed by atoms with E-state index in [4.69, 9.17) is 4.98 Å². The molecule has 0 radical (unpaired) electrons. The average Bonchev–Trinajstić information content (AvgIpc) is 2.67. The van der Waals surface area contributed by atoms with Crippen molar-refractivity contribution in [1.82, 2.24) is 4.98 Å². The minimum Gasteiger partial charge on any atom is -0.248 e. The van der Waals surface area contributed by atoms with Crippen molar-refractivity contribution in [2.75, 3.05) is 0 Å². The van der Waals surface area contributed by atoms with E-state index in [9.17, 15) is 5.26 Å². The Labute approximate surface area is 140 Å². The van der Waals surface area contributed by atoms with Crippen LogP contribution in [0.1, 0.15) is 5.56 Å². The molecule has 0 bridgehead atoms. The minimum atomic E-state index is 0.682. The molecule has 0 amide bonds. The summed E-state index contributed by atoms with van der Waals surface area (Å²) in [5.41, 5.74) is 5.62. The van der Waals surface area contributed by atoms with E-state index in [0.717, 1.165) is 33.3 Å². The molecule has 24 heavy (non-hydrogen) atoms. The lowest BCUT2D eigenvalue weighted by atomic mass is 9.97. The van der Waals surface area contributed by atoms with E-state index in [2.05, 4.69) is 30.3 Å². The Morgan fingerprint density at radius 1 is 0.708 bits per heavy atom. The molecule has 1 heterocycles. The first-order valence-corrected chi connectivity index (χ1v) is 7.81. The molecule has 0 saturated carbocycles. The van der Waals surface area contributed by atoms with E-state index in [1.54, 1.807) is 0 Å². The highest BCUT2D eigenvalue weighted by Crippen LogP contribution is 2.28. The first-order valence-electron chi connectivity index (χ1n) is 7.81. The number of hydrogen-bond acceptors (Lipinski definition) is 2. The van der Waals surface area contributed by atoms with Gasteiger partial charge in [0.15, 0.2) is 0 Å². The molecule has 0 fully saturated rings. The smallest absolute Gasteiger partial charge is 0.0998 e. The van der Waals surface area contributed by atoms with Crippen molar-refractivity contribution in [3.05, 3.63) is 90.5 Å². The normalized spacial score (nSPS) is 10.5. The maximum Gasteiger partial charge on any atom is 0.0998 e. The van der Waals surface area contributed by atoms with Crippen LogP contribution in [0.3, 0.4) is 0 Å². The quantitative estimate of drug-likeness (QED) is 0.494. The number of fused-ring (bicyclic) bond motifs is 1. The molecular formula is C22H14N2. The second kappa shape index (κ2) is 5.98. The number of aromatic nitrogens is 1. The maximum atomic E-state index is 9.32. The van der Waals surface area contributed by atoms with Crippen molar-refractivity contribution >= 4 is 10.9 Å². The third-order valence-corrected chi connectivity index (χ3v) is 4.12. The molecule has 0 saturated heterocycles. The van der Waals surface area contributed by atoms with Crippen molar-refractivity contribution in [2.45, 2.75) is 0 Å². The highest BCUT2D eigenvalue weighted by Gasteiger charge is 2.07. The van der Waals surface area contributed by atoms with Crippen molar-refractivity contribution in [2.24, 2.45) is 0 Å². The van der Waals surface area contributed by atoms with Gasteiger partial charge in [0.1, 0.15) is 0 Å². The molecule has 0 aliphatic rings. The molecule has 4 aromatic rings. The van der Waals surface area contributed by atoms with Gasteiger partial charge in [-0.1, -0.05) is 60.7 Å². The van der Waals surface area contributed by atoms with Crippen LogP contribution < -0.4 is 0 Å². The Balaban J connectivity index is 1.83. The zero-order valence-electron chi connectivity index (χ0n) is 13.0. The summed E-state index contributed by atoms with van der Waals surface area (Å²) < 4.78 is 0. The van der Waals surface area contributed by atoms with Crippen molar-refractivity contribution in [1.29, 1.82) is 5.26 Å². The van der Waals surface area contributed by atoms with Crippen LogP contribution >= 0.6 is 0 Å². The Bertz CT molecular complexity index is 1070. The summed E-state index contributed by atoms with van der Waals surface area (Å²) in [6, 6.07) is 30.3. The molecular weight excluding hydrogens is 292 g/mol. The summed E-state index contributed by atoms with van der Waals surface area (Å²) in [5, 5.41) is 10.5. The van der Waals surface area contributed by atoms with Gasteiger partial charge in [-0.05, 0) is 35.4 Å². The molecule has 0 N–H and O–H groups in total. The number of hydrogen-bond donors (Lipinski definition) is 0. The van der Waals surface area contributed by atoms with Gasteiger partial charge in [0.25, 0.3) is 0 Å². The fourth-order valence-corrected chi connectivity index (χ4v) is 2.91. The number of nitriles is 1. The first kappa shape index (κ1) is 14.2. The molecule has 0 aliphatic heterocycles. The third kappa shape index (κ3) is 2.53. The summed E-state index contributed by atoms with van der Waals surface area (Å²) >= 11 is 0. The average molecular weight is 306 g/mol. The van der Waals surface area contributed by atoms with Gasteiger partial charge in [-0.25, -0.2) is 4.98 Å². The topological polar surface area (TPSA) is 36.7 Å². The fraction of sp³-hybridized carbons (Fsp3) is 0. The van der Waals surface area contributed by atoms with Crippen LogP contribution in [0, 0.1) is 11.3 Å². The molecule has 2 nitrogen and oxygen atoms in total. The largest absolute Gasteiger partial charge is 0.248 e. The highest BCUT2D eigenvalue weighted by atomic mass is 14.7. The number of pyridine rings is 1. The molecule has 0 atom stereocenters. The third-order valence-electron chi connectivity index (χ3n) is 4.12. The van der Waals surface area contributed by atoms with Gasteiger partial charge in [0, 0.05) is 10.9 Å². The number of benzene rings is 3. The molecule has 0 spiro atoms. The van der Waals surface area contributed by atoms with Crippen molar-refractivity contribution < 1.29 is 0 Å². The van der Waals surface area contributed by atoms with Crippen LogP contribution in [0.25, 0.3) is 33.3 Å². The van der Waals surface area contributed by atoms with E-state index in [-0.39, 0.29) is 0 Å². The lowest BCUT2D eigenvalue weighted by Crippen LogP contribution is -1.88. The van der Waals surface area contributed by atoms with E-state index < -0.39 is 0 Å². The fourth-order valence-electron chi connectivity index (χ4n) is 2.91. The molecule has 4 rings (SSSR count). The Morgan fingerprint density at radius 3 is 2.42 bits per heavy atom. The van der Waals surface area contributed by atoms with Gasteiger partial charge < -0.3 is 0 Å². The molecule has 3 aromatic carbocycles. The number of para-hydroxylation sites is 1. The summed E-state index contributed by atoms with van der Waals surface area (Å²) in [6.45, 7) is 0. The minimum absolute atomic E-state index is 0.682. The predicted octanol–water partition coefficient (Wildman–Crippen LogP) is 5.44. The summed E-state index contributed by atoms with van der Waals surface area (Å²) in [6.07, 6.45) is 0. The van der Waals surface area contributed by atoms with Crippen LogP contribution in [0.4, 0.5) is 0 Å². The molecule has 0 aliphatic carbocycles. The van der Waals surface area contributed by atoms with Gasteiger partial charge in [-0.2, -0.15) is 5.26 Å². The summed E-state index contributed by atoms with van der Waals surface area (Å²) in [7, 11) is 0. The van der Waals surface area contributed by atoms with Gasteiger partial charge in [0.2, 0.25) is 0 Å². The zero-order chi connectivity index (χ0) is 16.4. The molecule has 1 aromatic heterocycles. The van der Waals surface area contributed by atoms with Crippen molar-refractivity contribution in [3.8, 4) is 28.5 Å². The van der Waals surface area contributed by atoms with E-state index in [0.29, 0.717) is 5.56 Å². The van der Waals surface area contributed by atoms with Crippen LogP contribution in [0.5, 0.6) is 0 Å². The van der Waals surface area contributed by atoms with Crippen LogP contribution in [-0.2, 0) is 0 Å². The molecule has 0 unspecified atom stereocenters. The monoisotopic (exact) mass is 306 g/mol. The number of rotatable bonds is 2. The van der Waals surface area contributed by atoms with Gasteiger partial charge in [-0.3, -0.25) is 0 Å². The second-order valence-electron chi connectivity index (χ2n) is 5.63. The van der Waals surface area contributed by atoms with Crippen molar-refractivity contribution in [3.63, 3.8) is 0 Å². The standard InChI is InChI=1S/C22H14N2/c23-15-19-7-1-3-10-20(19)17-8-5-9-18(14-17)22-13-12-16-6-2-4-11-21(16)24-22/h1-14H. The van der Waals surface area contributed by atoms with Gasteiger partial charge in [-0.15, -0.1) is 0 Å². The zero-order valence-corrected chi connectivity index (χ0v) is 13.0. The first-order chi connectivity index (χ1) is 11.8. The summed E-state index contributed by atoms with van der Waals surface area (Å²) in [4.78, 5) is 4.76. The summed E-state index contributed by atoms with van der Waals surface area (Å²) in [5.74, 6) is 0. The van der Waals surface area contributed by atoms with E-state index in [1.165, 1.54) is 0 Å². The highest BCUT2D eigenvalue weighted by molar-refractivity contribution is 5.82. The van der Waals surface area contributed by atoms with Gasteiger partial charge in [0.05, 0.1) is 22.8 Å². The Morgan fingerprint density at radius 2 is 1.50 bits per heavy atom. The van der Waals surface area contributed by atoms with Crippen LogP contribution in [0.2, 0.25) is 0 Å². The number of nitrogens with zero attached hydrogens (tertiary/aromatic N) is 2. The SMILES string of the molecule is N#Cc1ccccc1-c1cccc(-c2ccc3ccccc3n2)c1. The van der Waals surface area contributed by atoms with Crippen LogP contribution in [0.15, 0.2) is 84.9 Å². The Kier molecular flexibility index (Phi) is 3.53.